The van der Waals surface area contributed by atoms with Crippen LogP contribution in [0.25, 0.3) is 0 Å². The SMILES string of the molecule is COc1ccc(Cl)cc1N([C@@H](C)C(=O)N[C@H](C)c1ccccc1)S(C)(=O)=O. The van der Waals surface area contributed by atoms with Gasteiger partial charge in [-0.15, -0.1) is 0 Å². The summed E-state index contributed by atoms with van der Waals surface area (Å²) in [6.45, 7) is 3.36. The normalized spacial score (nSPS) is 13.5. The molecule has 0 spiro atoms. The zero-order chi connectivity index (χ0) is 20.2. The van der Waals surface area contributed by atoms with Gasteiger partial charge in [-0.05, 0) is 37.6 Å². The van der Waals surface area contributed by atoms with Gasteiger partial charge in [0.05, 0.1) is 25.1 Å². The van der Waals surface area contributed by atoms with Crippen molar-refractivity contribution in [2.75, 3.05) is 17.7 Å². The third kappa shape index (κ3) is 5.14. The van der Waals surface area contributed by atoms with Crippen molar-refractivity contribution in [3.8, 4) is 5.75 Å². The fraction of sp³-hybridized carbons (Fsp3) is 0.316. The van der Waals surface area contributed by atoms with E-state index in [4.69, 9.17) is 16.3 Å². The molecule has 0 aliphatic rings. The number of carbonyl (C=O) groups is 1. The van der Waals surface area contributed by atoms with Crippen LogP contribution in [0.4, 0.5) is 5.69 Å². The summed E-state index contributed by atoms with van der Waals surface area (Å²) in [4.78, 5) is 12.8. The molecular weight excluding hydrogens is 388 g/mol. The van der Waals surface area contributed by atoms with Crippen LogP contribution in [0.3, 0.4) is 0 Å². The Kier molecular flexibility index (Phi) is 6.73. The number of halogens is 1. The summed E-state index contributed by atoms with van der Waals surface area (Å²) < 4.78 is 31.2. The van der Waals surface area contributed by atoms with Gasteiger partial charge in [0.15, 0.2) is 0 Å². The molecule has 1 amide bonds. The van der Waals surface area contributed by atoms with Crippen molar-refractivity contribution in [1.29, 1.82) is 0 Å². The first kappa shape index (κ1) is 21.1. The van der Waals surface area contributed by atoms with E-state index in [2.05, 4.69) is 5.32 Å². The van der Waals surface area contributed by atoms with Crippen molar-refractivity contribution in [2.24, 2.45) is 0 Å². The second-order valence-corrected chi connectivity index (χ2v) is 8.49. The summed E-state index contributed by atoms with van der Waals surface area (Å²) in [6.07, 6.45) is 1.04. The third-order valence-corrected chi connectivity index (χ3v) is 5.59. The lowest BCUT2D eigenvalue weighted by Gasteiger charge is -2.30. The molecule has 8 heteroatoms. The molecule has 2 aromatic rings. The average molecular weight is 411 g/mol. The highest BCUT2D eigenvalue weighted by molar-refractivity contribution is 7.92. The Balaban J connectivity index is 2.35. The summed E-state index contributed by atoms with van der Waals surface area (Å²) in [5.74, 6) is -0.126. The van der Waals surface area contributed by atoms with Crippen LogP contribution in [0, 0.1) is 0 Å². The Morgan fingerprint density at radius 1 is 1.15 bits per heavy atom. The van der Waals surface area contributed by atoms with Crippen LogP contribution in [0.1, 0.15) is 25.5 Å². The lowest BCUT2D eigenvalue weighted by atomic mass is 10.1. The molecule has 0 unspecified atom stereocenters. The lowest BCUT2D eigenvalue weighted by Crippen LogP contribution is -2.48. The van der Waals surface area contributed by atoms with Gasteiger partial charge in [-0.1, -0.05) is 41.9 Å². The molecule has 0 bridgehead atoms. The third-order valence-electron chi connectivity index (χ3n) is 4.13. The summed E-state index contributed by atoms with van der Waals surface area (Å²) in [5, 5.41) is 3.19. The second kappa shape index (κ2) is 8.63. The second-order valence-electron chi connectivity index (χ2n) is 6.19. The predicted octanol–water partition coefficient (Wildman–Crippen LogP) is 3.38. The number of rotatable bonds is 7. The summed E-state index contributed by atoms with van der Waals surface area (Å²) in [7, 11) is -2.35. The number of hydrogen-bond acceptors (Lipinski definition) is 4. The topological polar surface area (TPSA) is 75.7 Å². The molecule has 146 valence electrons. The number of nitrogens with one attached hydrogen (secondary N) is 1. The number of sulfonamides is 1. The van der Waals surface area contributed by atoms with Gasteiger partial charge in [0.2, 0.25) is 15.9 Å². The molecule has 1 N–H and O–H groups in total. The quantitative estimate of drug-likeness (QED) is 0.759. The molecule has 0 fully saturated rings. The molecule has 0 heterocycles. The maximum absolute atomic E-state index is 12.8. The van der Waals surface area contributed by atoms with Crippen molar-refractivity contribution < 1.29 is 17.9 Å². The van der Waals surface area contributed by atoms with Gasteiger partial charge in [0.1, 0.15) is 11.8 Å². The number of nitrogens with zero attached hydrogens (tertiary/aromatic N) is 1. The number of carbonyl (C=O) groups excluding carboxylic acids is 1. The van der Waals surface area contributed by atoms with Crippen LogP contribution in [0.2, 0.25) is 5.02 Å². The summed E-state index contributed by atoms with van der Waals surface area (Å²) >= 11 is 6.04. The maximum atomic E-state index is 12.8. The highest BCUT2D eigenvalue weighted by Crippen LogP contribution is 2.34. The molecule has 6 nitrogen and oxygen atoms in total. The first-order valence-electron chi connectivity index (χ1n) is 8.33. The van der Waals surface area contributed by atoms with E-state index in [1.807, 2.05) is 37.3 Å². The fourth-order valence-electron chi connectivity index (χ4n) is 2.78. The van der Waals surface area contributed by atoms with E-state index < -0.39 is 22.0 Å². The Morgan fingerprint density at radius 3 is 2.33 bits per heavy atom. The number of hydrogen-bond donors (Lipinski definition) is 1. The smallest absolute Gasteiger partial charge is 0.244 e. The Labute approximate surface area is 165 Å². The molecule has 2 aromatic carbocycles. The van der Waals surface area contributed by atoms with E-state index in [0.717, 1.165) is 16.1 Å². The maximum Gasteiger partial charge on any atom is 0.244 e. The molecule has 0 saturated carbocycles. The fourth-order valence-corrected chi connectivity index (χ4v) is 4.11. The number of methoxy groups -OCH3 is 1. The van der Waals surface area contributed by atoms with Gasteiger partial charge in [0.25, 0.3) is 0 Å². The highest BCUT2D eigenvalue weighted by Gasteiger charge is 2.32. The van der Waals surface area contributed by atoms with Gasteiger partial charge >= 0.3 is 0 Å². The number of amides is 1. The zero-order valence-electron chi connectivity index (χ0n) is 15.6. The lowest BCUT2D eigenvalue weighted by molar-refractivity contribution is -0.122. The molecule has 0 aliphatic heterocycles. The molecule has 2 atom stereocenters. The molecule has 0 radical (unpaired) electrons. The molecule has 0 saturated heterocycles. The van der Waals surface area contributed by atoms with Crippen LogP contribution in [-0.2, 0) is 14.8 Å². The van der Waals surface area contributed by atoms with Gasteiger partial charge < -0.3 is 10.1 Å². The van der Waals surface area contributed by atoms with Crippen molar-refractivity contribution in [1.82, 2.24) is 5.32 Å². The monoisotopic (exact) mass is 410 g/mol. The first-order chi connectivity index (χ1) is 12.6. The molecule has 0 aromatic heterocycles. The summed E-state index contributed by atoms with van der Waals surface area (Å²) in [6, 6.07) is 12.8. The van der Waals surface area contributed by atoms with Gasteiger partial charge in [0, 0.05) is 5.02 Å². The zero-order valence-corrected chi connectivity index (χ0v) is 17.2. The number of ether oxygens (including phenoxy) is 1. The van der Waals surface area contributed by atoms with E-state index in [0.29, 0.717) is 10.8 Å². The molecule has 0 aliphatic carbocycles. The average Bonchev–Trinajstić information content (AvgIpc) is 2.61. The highest BCUT2D eigenvalue weighted by atomic mass is 35.5. The van der Waals surface area contributed by atoms with Crippen molar-refractivity contribution in [3.05, 3.63) is 59.1 Å². The molecule has 2 rings (SSSR count). The minimum Gasteiger partial charge on any atom is -0.495 e. The Bertz CT molecular complexity index is 903. The van der Waals surface area contributed by atoms with Crippen LogP contribution in [0.15, 0.2) is 48.5 Å². The van der Waals surface area contributed by atoms with E-state index in [-0.39, 0.29) is 11.7 Å². The number of anilines is 1. The van der Waals surface area contributed by atoms with Gasteiger partial charge in [-0.2, -0.15) is 0 Å². The van der Waals surface area contributed by atoms with Gasteiger partial charge in [-0.3, -0.25) is 9.10 Å². The van der Waals surface area contributed by atoms with Crippen LogP contribution < -0.4 is 14.4 Å². The van der Waals surface area contributed by atoms with E-state index in [1.54, 1.807) is 12.1 Å². The molecule has 27 heavy (non-hydrogen) atoms. The predicted molar refractivity (Wildman–Crippen MR) is 108 cm³/mol. The van der Waals surface area contributed by atoms with Crippen molar-refractivity contribution in [2.45, 2.75) is 25.9 Å². The van der Waals surface area contributed by atoms with Gasteiger partial charge in [-0.25, -0.2) is 8.42 Å². The Morgan fingerprint density at radius 2 is 1.78 bits per heavy atom. The van der Waals surface area contributed by atoms with Crippen LogP contribution >= 0.6 is 11.6 Å². The minimum absolute atomic E-state index is 0.211. The van der Waals surface area contributed by atoms with E-state index >= 15 is 0 Å². The minimum atomic E-state index is -3.78. The van der Waals surface area contributed by atoms with E-state index in [1.165, 1.54) is 20.1 Å². The first-order valence-corrected chi connectivity index (χ1v) is 10.6. The Hall–Kier alpha value is -2.25. The molecular formula is C19H23ClN2O4S. The number of benzene rings is 2. The van der Waals surface area contributed by atoms with Crippen molar-refractivity contribution >= 4 is 33.2 Å². The standard InChI is InChI=1S/C19H23ClN2O4S/c1-13(15-8-6-5-7-9-15)21-19(23)14(2)22(27(4,24)25)17-12-16(20)10-11-18(17)26-3/h5-14H,1-4H3,(H,21,23)/t13-,14+/m1/s1. The largest absolute Gasteiger partial charge is 0.495 e. The van der Waals surface area contributed by atoms with E-state index in [9.17, 15) is 13.2 Å². The van der Waals surface area contributed by atoms with Crippen LogP contribution in [-0.4, -0.2) is 33.7 Å². The van der Waals surface area contributed by atoms with Crippen molar-refractivity contribution in [3.63, 3.8) is 0 Å². The summed E-state index contributed by atoms with van der Waals surface area (Å²) in [5.41, 5.74) is 1.13. The van der Waals surface area contributed by atoms with Crippen LogP contribution in [0.5, 0.6) is 5.75 Å².